The van der Waals surface area contributed by atoms with Crippen LogP contribution in [0.25, 0.3) is 0 Å². The molecule has 1 unspecified atom stereocenters. The summed E-state index contributed by atoms with van der Waals surface area (Å²) in [7, 11) is 0. The largest absolute Gasteiger partial charge is 0.508 e. The third-order valence-electron chi connectivity index (χ3n) is 1.78. The summed E-state index contributed by atoms with van der Waals surface area (Å²) in [5, 5.41) is 19.1. The monoisotopic (exact) mass is 201 g/mol. The van der Waals surface area contributed by atoms with Gasteiger partial charge in [0.2, 0.25) is 0 Å². The minimum atomic E-state index is -0.704. The highest BCUT2D eigenvalue weighted by Crippen LogP contribution is 2.28. The van der Waals surface area contributed by atoms with Gasteiger partial charge in [-0.05, 0) is 31.2 Å². The molecule has 4 heteroatoms. The molecule has 0 bridgehead atoms. The number of aromatic hydroxyl groups is 1. The van der Waals surface area contributed by atoms with Gasteiger partial charge in [0.05, 0.1) is 6.10 Å². The first-order valence-electron chi connectivity index (χ1n) is 4.01. The first-order valence-corrected chi connectivity index (χ1v) is 4.39. The van der Waals surface area contributed by atoms with E-state index in [1.54, 1.807) is 6.07 Å². The zero-order chi connectivity index (χ0) is 9.84. The fraction of sp³-hybridized carbons (Fsp3) is 0.333. The maximum Gasteiger partial charge on any atom is 0.116 e. The quantitative estimate of drug-likeness (QED) is 0.693. The summed E-state index contributed by atoms with van der Waals surface area (Å²) in [5.41, 5.74) is 5.81. The molecule has 1 aromatic carbocycles. The predicted molar refractivity (Wildman–Crippen MR) is 51.7 cm³/mol. The molecule has 72 valence electrons. The molecule has 4 N–H and O–H groups in total. The van der Waals surface area contributed by atoms with Gasteiger partial charge in [0.1, 0.15) is 5.75 Å². The molecular weight excluding hydrogens is 190 g/mol. The highest BCUT2D eigenvalue weighted by Gasteiger charge is 2.10. The van der Waals surface area contributed by atoms with E-state index in [1.807, 2.05) is 0 Å². The lowest BCUT2D eigenvalue weighted by molar-refractivity contribution is 0.170. The van der Waals surface area contributed by atoms with E-state index in [1.165, 1.54) is 12.1 Å². The number of aliphatic hydroxyl groups excluding tert-OH is 1. The van der Waals surface area contributed by atoms with E-state index in [0.29, 0.717) is 23.6 Å². The Morgan fingerprint density at radius 3 is 2.77 bits per heavy atom. The molecule has 0 aliphatic rings. The van der Waals surface area contributed by atoms with Gasteiger partial charge in [-0.3, -0.25) is 0 Å². The van der Waals surface area contributed by atoms with Gasteiger partial charge in [-0.25, -0.2) is 0 Å². The third kappa shape index (κ3) is 2.59. The lowest BCUT2D eigenvalue weighted by Crippen LogP contribution is -2.06. The van der Waals surface area contributed by atoms with E-state index in [-0.39, 0.29) is 5.75 Å². The Kier molecular flexibility index (Phi) is 3.54. The highest BCUT2D eigenvalue weighted by molar-refractivity contribution is 6.31. The summed E-state index contributed by atoms with van der Waals surface area (Å²) in [6.07, 6.45) is -0.270. The van der Waals surface area contributed by atoms with Gasteiger partial charge < -0.3 is 15.9 Å². The molecule has 0 saturated carbocycles. The minimum Gasteiger partial charge on any atom is -0.508 e. The molecule has 0 fully saturated rings. The van der Waals surface area contributed by atoms with Gasteiger partial charge in [0.25, 0.3) is 0 Å². The van der Waals surface area contributed by atoms with Crippen molar-refractivity contribution in [3.63, 3.8) is 0 Å². The number of hydrogen-bond acceptors (Lipinski definition) is 3. The number of nitrogens with two attached hydrogens (primary N) is 1. The normalized spacial score (nSPS) is 12.8. The number of hydrogen-bond donors (Lipinski definition) is 3. The van der Waals surface area contributed by atoms with Crippen LogP contribution in [0.5, 0.6) is 5.75 Å². The van der Waals surface area contributed by atoms with Crippen molar-refractivity contribution in [2.24, 2.45) is 5.73 Å². The first kappa shape index (κ1) is 10.3. The average molecular weight is 202 g/mol. The van der Waals surface area contributed by atoms with Crippen LogP contribution < -0.4 is 5.73 Å². The zero-order valence-electron chi connectivity index (χ0n) is 7.07. The fourth-order valence-corrected chi connectivity index (χ4v) is 1.34. The van der Waals surface area contributed by atoms with Gasteiger partial charge in [-0.1, -0.05) is 11.6 Å². The van der Waals surface area contributed by atoms with E-state index in [9.17, 15) is 5.11 Å². The summed E-state index contributed by atoms with van der Waals surface area (Å²) in [5.74, 6) is 0.0930. The number of benzene rings is 1. The summed E-state index contributed by atoms with van der Waals surface area (Å²) in [6, 6.07) is 4.47. The SMILES string of the molecule is NCCC(O)c1cc(O)ccc1Cl. The Morgan fingerprint density at radius 2 is 2.15 bits per heavy atom. The van der Waals surface area contributed by atoms with Gasteiger partial charge in [0, 0.05) is 10.6 Å². The molecule has 0 aromatic heterocycles. The van der Waals surface area contributed by atoms with Crippen molar-refractivity contribution in [2.75, 3.05) is 6.54 Å². The molecule has 3 nitrogen and oxygen atoms in total. The van der Waals surface area contributed by atoms with E-state index in [4.69, 9.17) is 22.4 Å². The van der Waals surface area contributed by atoms with Gasteiger partial charge in [0.15, 0.2) is 0 Å². The molecule has 1 atom stereocenters. The van der Waals surface area contributed by atoms with E-state index in [2.05, 4.69) is 0 Å². The molecular formula is C9H12ClNO2. The van der Waals surface area contributed by atoms with Crippen LogP contribution in [0.3, 0.4) is 0 Å². The van der Waals surface area contributed by atoms with E-state index >= 15 is 0 Å². The molecule has 1 rings (SSSR count). The van der Waals surface area contributed by atoms with E-state index < -0.39 is 6.10 Å². The Hall–Kier alpha value is -0.770. The van der Waals surface area contributed by atoms with Crippen LogP contribution in [0, 0.1) is 0 Å². The minimum absolute atomic E-state index is 0.0930. The number of aliphatic hydroxyl groups is 1. The number of phenols is 1. The Bertz CT molecular complexity index is 291. The van der Waals surface area contributed by atoms with Crippen molar-refractivity contribution in [3.8, 4) is 5.75 Å². The smallest absolute Gasteiger partial charge is 0.116 e. The van der Waals surface area contributed by atoms with Crippen LogP contribution in [0.1, 0.15) is 18.1 Å². The van der Waals surface area contributed by atoms with Crippen LogP contribution in [-0.4, -0.2) is 16.8 Å². The highest BCUT2D eigenvalue weighted by atomic mass is 35.5. The second kappa shape index (κ2) is 4.46. The molecule has 0 saturated heterocycles. The lowest BCUT2D eigenvalue weighted by Gasteiger charge is -2.11. The zero-order valence-corrected chi connectivity index (χ0v) is 7.83. The van der Waals surface area contributed by atoms with Crippen LogP contribution in [0.2, 0.25) is 5.02 Å². The molecule has 0 amide bonds. The molecule has 0 heterocycles. The summed E-state index contributed by atoms with van der Waals surface area (Å²) < 4.78 is 0. The third-order valence-corrected chi connectivity index (χ3v) is 2.12. The van der Waals surface area contributed by atoms with Crippen LogP contribution >= 0.6 is 11.6 Å². The second-order valence-corrected chi connectivity index (χ2v) is 3.21. The molecule has 0 spiro atoms. The maximum absolute atomic E-state index is 9.55. The average Bonchev–Trinajstić information content (AvgIpc) is 2.09. The summed E-state index contributed by atoms with van der Waals surface area (Å²) in [4.78, 5) is 0. The van der Waals surface area contributed by atoms with Crippen molar-refractivity contribution >= 4 is 11.6 Å². The van der Waals surface area contributed by atoms with Gasteiger partial charge >= 0.3 is 0 Å². The second-order valence-electron chi connectivity index (χ2n) is 2.80. The number of phenolic OH excluding ortho intramolecular Hbond substituents is 1. The Labute approximate surface area is 81.8 Å². The van der Waals surface area contributed by atoms with Crippen molar-refractivity contribution < 1.29 is 10.2 Å². The molecule has 0 aliphatic heterocycles. The summed E-state index contributed by atoms with van der Waals surface area (Å²) in [6.45, 7) is 0.382. The summed E-state index contributed by atoms with van der Waals surface area (Å²) >= 11 is 5.81. The van der Waals surface area contributed by atoms with Gasteiger partial charge in [-0.15, -0.1) is 0 Å². The van der Waals surface area contributed by atoms with Gasteiger partial charge in [-0.2, -0.15) is 0 Å². The molecule has 0 aliphatic carbocycles. The topological polar surface area (TPSA) is 66.5 Å². The molecule has 1 aromatic rings. The van der Waals surface area contributed by atoms with Crippen LogP contribution in [0.4, 0.5) is 0 Å². The van der Waals surface area contributed by atoms with E-state index in [0.717, 1.165) is 0 Å². The number of halogens is 1. The fourth-order valence-electron chi connectivity index (χ4n) is 1.10. The maximum atomic E-state index is 9.55. The lowest BCUT2D eigenvalue weighted by atomic mass is 10.1. The van der Waals surface area contributed by atoms with Crippen molar-refractivity contribution in [2.45, 2.75) is 12.5 Å². The van der Waals surface area contributed by atoms with Crippen LogP contribution in [0.15, 0.2) is 18.2 Å². The standard InChI is InChI=1S/C9H12ClNO2/c10-8-2-1-6(12)5-7(8)9(13)3-4-11/h1-2,5,9,12-13H,3-4,11H2. The van der Waals surface area contributed by atoms with Crippen molar-refractivity contribution in [1.29, 1.82) is 0 Å². The Morgan fingerprint density at radius 1 is 1.46 bits per heavy atom. The Balaban J connectivity index is 2.91. The predicted octanol–water partition coefficient (Wildman–Crippen LogP) is 1.43. The molecule has 0 radical (unpaired) electrons. The molecule has 13 heavy (non-hydrogen) atoms. The van der Waals surface area contributed by atoms with Crippen molar-refractivity contribution in [1.82, 2.24) is 0 Å². The van der Waals surface area contributed by atoms with Crippen molar-refractivity contribution in [3.05, 3.63) is 28.8 Å². The first-order chi connectivity index (χ1) is 6.15. The van der Waals surface area contributed by atoms with Crippen LogP contribution in [-0.2, 0) is 0 Å². The number of rotatable bonds is 3.